The quantitative estimate of drug-likeness (QED) is 0.269. The van der Waals surface area contributed by atoms with Crippen molar-refractivity contribution in [3.63, 3.8) is 0 Å². The molecule has 14 nitrogen and oxygen atoms in total. The van der Waals surface area contributed by atoms with Gasteiger partial charge in [-0.3, -0.25) is 0 Å². The molecule has 0 unspecified atom stereocenters. The maximum absolute atomic E-state index is 9.38. The molecule has 0 spiro atoms. The molecule has 19 heteroatoms. The molecule has 0 aromatic carbocycles. The van der Waals surface area contributed by atoms with Crippen LogP contribution in [0.3, 0.4) is 0 Å². The van der Waals surface area contributed by atoms with Crippen LogP contribution in [0.1, 0.15) is 0 Å². The van der Waals surface area contributed by atoms with Crippen LogP contribution in [0.15, 0.2) is 0 Å². The summed E-state index contributed by atoms with van der Waals surface area (Å²) >= 11 is -24.3. The Balaban J connectivity index is -0.000000256. The standard InChI is InChI=1S/4Cr.Hf.14O/q;;;;+4;;;;;;;;;;;4*-1. The molecule has 0 saturated heterocycles. The van der Waals surface area contributed by atoms with E-state index in [1.165, 1.54) is 0 Å². The van der Waals surface area contributed by atoms with E-state index in [0.717, 1.165) is 0 Å². The van der Waals surface area contributed by atoms with E-state index >= 15 is 0 Å². The molecule has 19 heavy (non-hydrogen) atoms. The van der Waals surface area contributed by atoms with Gasteiger partial charge in [0.25, 0.3) is 0 Å². The molecule has 0 aliphatic heterocycles. The summed E-state index contributed by atoms with van der Waals surface area (Å²) in [5.41, 5.74) is 0. The van der Waals surface area contributed by atoms with Gasteiger partial charge >= 0.3 is 133 Å². The third kappa shape index (κ3) is 32.6. The van der Waals surface area contributed by atoms with Crippen molar-refractivity contribution in [3.05, 3.63) is 0 Å². The van der Waals surface area contributed by atoms with E-state index in [9.17, 15) is 47.1 Å². The van der Waals surface area contributed by atoms with Gasteiger partial charge < -0.3 is 0 Å². The van der Waals surface area contributed by atoms with Gasteiger partial charge in [-0.2, -0.15) is 0 Å². The average Bonchev–Trinajstić information content (AvgIpc) is 1.64. The summed E-state index contributed by atoms with van der Waals surface area (Å²) in [6.07, 6.45) is 0. The monoisotopic (exact) mass is 612 g/mol. The Hall–Kier alpha value is 1.16. The van der Waals surface area contributed by atoms with Crippen LogP contribution in [0.5, 0.6) is 0 Å². The Morgan fingerprint density at radius 3 is 0.579 bits per heavy atom. The summed E-state index contributed by atoms with van der Waals surface area (Å²) in [5, 5.41) is 0. The summed E-state index contributed by atoms with van der Waals surface area (Å²) in [6.45, 7) is 0. The van der Waals surface area contributed by atoms with Crippen LogP contribution in [0, 0.1) is 0 Å². The van der Waals surface area contributed by atoms with E-state index in [4.69, 9.17) is 0 Å². The van der Waals surface area contributed by atoms with E-state index < -0.39 is 54.5 Å². The van der Waals surface area contributed by atoms with Gasteiger partial charge in [0.15, 0.2) is 0 Å². The van der Waals surface area contributed by atoms with E-state index in [2.05, 4.69) is 5.68 Å². The minimum atomic E-state index is -6.07. The summed E-state index contributed by atoms with van der Waals surface area (Å²) in [5.74, 6) is 0. The van der Waals surface area contributed by atoms with Crippen LogP contribution in [0.2, 0.25) is 0 Å². The van der Waals surface area contributed by atoms with Crippen LogP contribution in [0.4, 0.5) is 0 Å². The molecule has 0 aliphatic carbocycles. The molecule has 0 aliphatic rings. The van der Waals surface area contributed by atoms with Crippen molar-refractivity contribution in [2.24, 2.45) is 0 Å². The Bertz CT molecular complexity index is 532. The summed E-state index contributed by atoms with van der Waals surface area (Å²) in [7, 11) is 0. The Morgan fingerprint density at radius 1 is 0.474 bits per heavy atom. The molecule has 0 radical (unpaired) electrons. The maximum atomic E-state index is 9.38. The fraction of sp³-hybridized carbons (Fsp3) is 0. The Morgan fingerprint density at radius 2 is 0.579 bits per heavy atom. The van der Waals surface area contributed by atoms with Crippen LogP contribution >= 0.6 is 0 Å². The normalized spacial score (nSPS) is 12.8. The van der Waals surface area contributed by atoms with Gasteiger partial charge in [0.1, 0.15) is 0 Å². The molecular formula is Cr4HfO14. The van der Waals surface area contributed by atoms with Crippen LogP contribution < -0.4 is 16.6 Å². The van der Waals surface area contributed by atoms with Crippen molar-refractivity contribution in [2.75, 3.05) is 0 Å². The molecule has 0 saturated carbocycles. The third-order valence-corrected chi connectivity index (χ3v) is 5.67. The molecule has 0 aromatic heterocycles. The fourth-order valence-electron chi connectivity index (χ4n) is 0.204. The van der Waals surface area contributed by atoms with Crippen LogP contribution in [0.25, 0.3) is 0 Å². The van der Waals surface area contributed by atoms with Crippen molar-refractivity contribution in [2.45, 2.75) is 0 Å². The number of hydrogen-bond acceptors (Lipinski definition) is 14. The van der Waals surface area contributed by atoms with E-state index in [0.29, 0.717) is 0 Å². The van der Waals surface area contributed by atoms with Crippen molar-refractivity contribution < 1.29 is 133 Å². The number of hydrogen-bond donors (Lipinski definition) is 0. The molecule has 0 fully saturated rings. The Labute approximate surface area is 132 Å². The molecular weight excluding hydrogens is 610 g/mol. The van der Waals surface area contributed by atoms with Crippen molar-refractivity contribution in [1.29, 1.82) is 0 Å². The number of rotatable bonds is 4. The predicted molar refractivity (Wildman–Crippen MR) is 7.66 cm³/mol. The molecule has 0 bridgehead atoms. The van der Waals surface area contributed by atoms with Gasteiger partial charge in [-0.15, -0.1) is 0 Å². The molecule has 0 heterocycles. The van der Waals surface area contributed by atoms with Gasteiger partial charge in [-0.1, -0.05) is 0 Å². The van der Waals surface area contributed by atoms with E-state index in [-0.39, 0.29) is 25.8 Å². The molecule has 0 atom stereocenters. The van der Waals surface area contributed by atoms with Gasteiger partial charge in [0.2, 0.25) is 0 Å². The molecule has 0 N–H and O–H groups in total. The van der Waals surface area contributed by atoms with Crippen molar-refractivity contribution >= 4 is 0 Å². The van der Waals surface area contributed by atoms with E-state index in [1.807, 2.05) is 0 Å². The SMILES string of the molecule is [Hf+4].[O]=[Cr](=[O])([O-])[O][Cr](=[O])(=[O])[O-].[O]=[Cr](=[O])([O-])[O][Cr](=[O])(=[O])[O-]. The zero-order valence-electron chi connectivity index (χ0n) is 7.85. The summed E-state index contributed by atoms with van der Waals surface area (Å²) in [4.78, 5) is 0. The van der Waals surface area contributed by atoms with Gasteiger partial charge in [0.05, 0.1) is 0 Å². The molecule has 0 amide bonds. The van der Waals surface area contributed by atoms with Crippen molar-refractivity contribution in [3.8, 4) is 0 Å². The fourth-order valence-corrected chi connectivity index (χ4v) is 3.47. The van der Waals surface area contributed by atoms with E-state index in [1.54, 1.807) is 0 Å². The molecule has 0 aromatic rings. The van der Waals surface area contributed by atoms with Gasteiger partial charge in [0, 0.05) is 0 Å². The van der Waals surface area contributed by atoms with Crippen molar-refractivity contribution in [1.82, 2.24) is 0 Å². The second-order valence-electron chi connectivity index (χ2n) is 1.77. The van der Waals surface area contributed by atoms with Gasteiger partial charge in [-0.05, 0) is 0 Å². The first kappa shape index (κ1) is 25.1. The third-order valence-electron chi connectivity index (χ3n) is 0.333. The van der Waals surface area contributed by atoms with Crippen LogP contribution in [-0.4, -0.2) is 0 Å². The minimum absolute atomic E-state index is 0. The first-order chi connectivity index (χ1) is 7.41. The Kier molecular flexibility index (Phi) is 11.3. The zero-order chi connectivity index (χ0) is 15.4. The summed E-state index contributed by atoms with van der Waals surface area (Å²) in [6, 6.07) is 0. The molecule has 112 valence electrons. The predicted octanol–water partition coefficient (Wildman–Crippen LogP) is -5.86. The second-order valence-corrected chi connectivity index (χ2v) is 9.05. The van der Waals surface area contributed by atoms with Crippen LogP contribution in [-0.2, 0) is 116 Å². The second kappa shape index (κ2) is 8.57. The van der Waals surface area contributed by atoms with Gasteiger partial charge in [-0.25, -0.2) is 0 Å². The molecule has 0 rings (SSSR count). The topological polar surface area (TPSA) is 247 Å². The first-order valence-corrected chi connectivity index (χ1v) is 11.0. The average molecular weight is 610 g/mol. The first-order valence-electron chi connectivity index (χ1n) is 2.67. The summed E-state index contributed by atoms with van der Waals surface area (Å²) < 4.78 is 118. The zero-order valence-corrected chi connectivity index (χ0v) is 16.5.